The van der Waals surface area contributed by atoms with Crippen LogP contribution < -0.4 is 0 Å². The van der Waals surface area contributed by atoms with Crippen LogP contribution in [0.2, 0.25) is 0 Å². The van der Waals surface area contributed by atoms with Gasteiger partial charge in [0, 0.05) is 18.7 Å². The van der Waals surface area contributed by atoms with Crippen molar-refractivity contribution in [1.82, 2.24) is 4.90 Å². The summed E-state index contributed by atoms with van der Waals surface area (Å²) in [7, 11) is 0. The Bertz CT molecular complexity index is 602. The molecule has 1 spiro atoms. The van der Waals surface area contributed by atoms with Gasteiger partial charge in [-0.25, -0.2) is 8.78 Å². The minimum atomic E-state index is -1.06. The number of rotatable bonds is 1. The second-order valence-corrected chi connectivity index (χ2v) is 6.14. The van der Waals surface area contributed by atoms with Crippen molar-refractivity contribution in [2.24, 2.45) is 0 Å². The SMILES string of the molecule is O=C(c1ccc(F)c(F)c1)N1CCC2(CC1)OCC[C@H](O)[C@@H]2O. The highest BCUT2D eigenvalue weighted by atomic mass is 19.2. The Labute approximate surface area is 132 Å². The van der Waals surface area contributed by atoms with E-state index < -0.39 is 29.4 Å². The van der Waals surface area contributed by atoms with Crippen molar-refractivity contribution in [2.75, 3.05) is 19.7 Å². The van der Waals surface area contributed by atoms with Crippen molar-refractivity contribution in [1.29, 1.82) is 0 Å². The van der Waals surface area contributed by atoms with Crippen LogP contribution in [0.5, 0.6) is 0 Å². The van der Waals surface area contributed by atoms with E-state index in [2.05, 4.69) is 0 Å². The second kappa shape index (κ2) is 6.14. The van der Waals surface area contributed by atoms with Gasteiger partial charge in [-0.15, -0.1) is 0 Å². The van der Waals surface area contributed by atoms with E-state index >= 15 is 0 Å². The van der Waals surface area contributed by atoms with Crippen LogP contribution in [-0.2, 0) is 4.74 Å². The molecule has 126 valence electrons. The topological polar surface area (TPSA) is 70.0 Å². The molecular weight excluding hydrogens is 308 g/mol. The zero-order valence-corrected chi connectivity index (χ0v) is 12.5. The van der Waals surface area contributed by atoms with Gasteiger partial charge in [0.15, 0.2) is 11.6 Å². The minimum Gasteiger partial charge on any atom is -0.390 e. The highest BCUT2D eigenvalue weighted by Gasteiger charge is 2.48. The predicted molar refractivity (Wildman–Crippen MR) is 76.8 cm³/mol. The average Bonchev–Trinajstić information content (AvgIpc) is 2.55. The van der Waals surface area contributed by atoms with E-state index in [0.29, 0.717) is 39.0 Å². The van der Waals surface area contributed by atoms with Gasteiger partial charge in [-0.3, -0.25) is 4.79 Å². The summed E-state index contributed by atoms with van der Waals surface area (Å²) in [6.07, 6.45) is -0.629. The molecule has 1 aromatic carbocycles. The summed E-state index contributed by atoms with van der Waals surface area (Å²) in [5, 5.41) is 20.0. The molecule has 0 unspecified atom stereocenters. The fraction of sp³-hybridized carbons (Fsp3) is 0.562. The molecule has 2 aliphatic rings. The molecule has 7 heteroatoms. The lowest BCUT2D eigenvalue weighted by Crippen LogP contribution is -2.60. The summed E-state index contributed by atoms with van der Waals surface area (Å²) in [5.41, 5.74) is -0.743. The van der Waals surface area contributed by atoms with E-state index in [4.69, 9.17) is 4.74 Å². The number of likely N-dealkylation sites (tertiary alicyclic amines) is 1. The van der Waals surface area contributed by atoms with E-state index in [1.807, 2.05) is 0 Å². The van der Waals surface area contributed by atoms with E-state index in [1.165, 1.54) is 11.0 Å². The molecule has 2 atom stereocenters. The van der Waals surface area contributed by atoms with Crippen molar-refractivity contribution in [3.05, 3.63) is 35.4 Å². The maximum Gasteiger partial charge on any atom is 0.253 e. The van der Waals surface area contributed by atoms with E-state index in [9.17, 15) is 23.8 Å². The number of aliphatic hydroxyl groups is 2. The number of ether oxygens (including phenoxy) is 1. The van der Waals surface area contributed by atoms with Crippen molar-refractivity contribution >= 4 is 5.91 Å². The summed E-state index contributed by atoms with van der Waals surface area (Å²) >= 11 is 0. The lowest BCUT2D eigenvalue weighted by atomic mass is 9.80. The summed E-state index contributed by atoms with van der Waals surface area (Å²) in [5.74, 6) is -2.44. The van der Waals surface area contributed by atoms with Gasteiger partial charge >= 0.3 is 0 Å². The van der Waals surface area contributed by atoms with Gasteiger partial charge in [-0.05, 0) is 37.5 Å². The summed E-state index contributed by atoms with van der Waals surface area (Å²) in [6.45, 7) is 1.01. The first-order chi connectivity index (χ1) is 10.9. The highest BCUT2D eigenvalue weighted by Crippen LogP contribution is 2.35. The number of piperidine rings is 1. The third kappa shape index (κ3) is 2.96. The number of hydrogen-bond acceptors (Lipinski definition) is 4. The first kappa shape index (κ1) is 16.3. The molecule has 0 bridgehead atoms. The standard InChI is InChI=1S/C16H19F2NO4/c17-11-2-1-10(9-12(11)18)15(22)19-6-4-16(5-7-19)14(21)13(20)3-8-23-16/h1-2,9,13-14,20-21H,3-8H2/t13-,14-/m0/s1. The Morgan fingerprint density at radius 1 is 1.22 bits per heavy atom. The first-order valence-corrected chi connectivity index (χ1v) is 7.67. The third-order valence-corrected chi connectivity index (χ3v) is 4.77. The van der Waals surface area contributed by atoms with Crippen LogP contribution in [0.4, 0.5) is 8.78 Å². The van der Waals surface area contributed by atoms with Crippen molar-refractivity contribution in [3.63, 3.8) is 0 Å². The molecule has 0 saturated carbocycles. The molecule has 2 heterocycles. The Hall–Kier alpha value is -1.57. The minimum absolute atomic E-state index is 0.0880. The summed E-state index contributed by atoms with van der Waals surface area (Å²) in [4.78, 5) is 13.9. The van der Waals surface area contributed by atoms with Crippen LogP contribution in [0.1, 0.15) is 29.6 Å². The Morgan fingerprint density at radius 3 is 2.57 bits per heavy atom. The van der Waals surface area contributed by atoms with E-state index in [1.54, 1.807) is 0 Å². The fourth-order valence-corrected chi connectivity index (χ4v) is 3.32. The lowest BCUT2D eigenvalue weighted by molar-refractivity contribution is -0.212. The molecule has 23 heavy (non-hydrogen) atoms. The number of halogens is 2. The van der Waals surface area contributed by atoms with Crippen LogP contribution >= 0.6 is 0 Å². The number of benzene rings is 1. The molecule has 2 N–H and O–H groups in total. The van der Waals surface area contributed by atoms with Crippen LogP contribution in [-0.4, -0.2) is 58.5 Å². The normalized spacial score (nSPS) is 27.2. The number of amides is 1. The van der Waals surface area contributed by atoms with Crippen LogP contribution in [0, 0.1) is 11.6 Å². The Kier molecular flexibility index (Phi) is 4.35. The monoisotopic (exact) mass is 327 g/mol. The number of nitrogens with zero attached hydrogens (tertiary/aromatic N) is 1. The number of hydrogen-bond donors (Lipinski definition) is 2. The van der Waals surface area contributed by atoms with Gasteiger partial charge in [0.2, 0.25) is 0 Å². The van der Waals surface area contributed by atoms with Gasteiger partial charge in [0.25, 0.3) is 5.91 Å². The summed E-state index contributed by atoms with van der Waals surface area (Å²) < 4.78 is 31.9. The van der Waals surface area contributed by atoms with Crippen molar-refractivity contribution in [2.45, 2.75) is 37.1 Å². The molecule has 1 amide bonds. The molecule has 2 fully saturated rings. The van der Waals surface area contributed by atoms with E-state index in [-0.39, 0.29) is 11.5 Å². The molecule has 2 aliphatic heterocycles. The van der Waals surface area contributed by atoms with Gasteiger partial charge in [0.05, 0.1) is 18.3 Å². The quantitative estimate of drug-likeness (QED) is 0.810. The smallest absolute Gasteiger partial charge is 0.253 e. The molecule has 0 radical (unpaired) electrons. The van der Waals surface area contributed by atoms with Crippen LogP contribution in [0.15, 0.2) is 18.2 Å². The van der Waals surface area contributed by atoms with Crippen LogP contribution in [0.25, 0.3) is 0 Å². The zero-order valence-electron chi connectivity index (χ0n) is 12.5. The molecule has 2 saturated heterocycles. The highest BCUT2D eigenvalue weighted by molar-refractivity contribution is 5.94. The number of aliphatic hydroxyl groups excluding tert-OH is 2. The second-order valence-electron chi connectivity index (χ2n) is 6.14. The largest absolute Gasteiger partial charge is 0.390 e. The molecular formula is C16H19F2NO4. The van der Waals surface area contributed by atoms with Crippen molar-refractivity contribution in [3.8, 4) is 0 Å². The Morgan fingerprint density at radius 2 is 1.91 bits per heavy atom. The fourth-order valence-electron chi connectivity index (χ4n) is 3.32. The van der Waals surface area contributed by atoms with Gasteiger partial charge < -0.3 is 19.8 Å². The molecule has 5 nitrogen and oxygen atoms in total. The lowest BCUT2D eigenvalue weighted by Gasteiger charge is -2.48. The molecule has 1 aromatic rings. The predicted octanol–water partition coefficient (Wildman–Crippen LogP) is 1.08. The van der Waals surface area contributed by atoms with Gasteiger partial charge in [0.1, 0.15) is 6.10 Å². The summed E-state index contributed by atoms with van der Waals surface area (Å²) in [6, 6.07) is 3.07. The molecule has 0 aliphatic carbocycles. The molecule has 3 rings (SSSR count). The number of carbonyl (C=O) groups is 1. The maximum absolute atomic E-state index is 13.3. The average molecular weight is 327 g/mol. The Balaban J connectivity index is 1.68. The van der Waals surface area contributed by atoms with Crippen LogP contribution in [0.3, 0.4) is 0 Å². The van der Waals surface area contributed by atoms with Crippen molar-refractivity contribution < 1.29 is 28.5 Å². The molecule has 0 aromatic heterocycles. The maximum atomic E-state index is 13.3. The van der Waals surface area contributed by atoms with Gasteiger partial charge in [-0.2, -0.15) is 0 Å². The van der Waals surface area contributed by atoms with Gasteiger partial charge in [-0.1, -0.05) is 0 Å². The number of carbonyl (C=O) groups excluding carboxylic acids is 1. The first-order valence-electron chi connectivity index (χ1n) is 7.67. The zero-order chi connectivity index (χ0) is 16.6. The third-order valence-electron chi connectivity index (χ3n) is 4.77. The van der Waals surface area contributed by atoms with E-state index in [0.717, 1.165) is 12.1 Å².